The maximum Gasteiger partial charge on any atom is 0.255 e. The van der Waals surface area contributed by atoms with Crippen molar-refractivity contribution in [3.63, 3.8) is 0 Å². The number of carbonyl (C=O) groups excluding carboxylic acids is 1. The maximum absolute atomic E-state index is 12.7. The predicted molar refractivity (Wildman–Crippen MR) is 83.5 cm³/mol. The summed E-state index contributed by atoms with van der Waals surface area (Å²) in [5.74, 6) is 1.20. The summed E-state index contributed by atoms with van der Waals surface area (Å²) in [6.07, 6.45) is 3.13. The average molecular weight is 316 g/mol. The van der Waals surface area contributed by atoms with Crippen molar-refractivity contribution in [3.8, 4) is 11.5 Å². The molecule has 0 bridgehead atoms. The zero-order chi connectivity index (χ0) is 16.2. The molecule has 0 spiro atoms. The molecule has 0 radical (unpaired) electrons. The van der Waals surface area contributed by atoms with Crippen LogP contribution in [-0.2, 0) is 6.54 Å². The third kappa shape index (κ3) is 3.44. The molecule has 0 aliphatic carbocycles. The maximum atomic E-state index is 12.7. The van der Waals surface area contributed by atoms with Crippen LogP contribution in [0.4, 0.5) is 0 Å². The number of ether oxygens (including phenoxy) is 2. The second-order valence-corrected chi connectivity index (χ2v) is 5.77. The Balaban J connectivity index is 1.77. The van der Waals surface area contributed by atoms with E-state index in [-0.39, 0.29) is 17.9 Å². The number of nitrogens with zero attached hydrogens (tertiary/aromatic N) is 3. The predicted octanol–water partition coefficient (Wildman–Crippen LogP) is 1.50. The Morgan fingerprint density at radius 1 is 1.35 bits per heavy atom. The highest BCUT2D eigenvalue weighted by Crippen LogP contribution is 2.33. The normalized spacial score (nSPS) is 14.6. The Kier molecular flexibility index (Phi) is 4.45. The minimum Gasteiger partial charge on any atom is -0.486 e. The van der Waals surface area contributed by atoms with E-state index in [9.17, 15) is 4.79 Å². The number of fused-ring (bicyclic) bond motifs is 1. The molecule has 7 nitrogen and oxygen atoms in total. The number of hydrogen-bond acceptors (Lipinski definition) is 5. The van der Waals surface area contributed by atoms with E-state index >= 15 is 0 Å². The van der Waals surface area contributed by atoms with Gasteiger partial charge in [0, 0.05) is 0 Å². The van der Waals surface area contributed by atoms with E-state index in [2.05, 4.69) is 29.2 Å². The van der Waals surface area contributed by atoms with Crippen LogP contribution in [0.25, 0.3) is 0 Å². The van der Waals surface area contributed by atoms with Gasteiger partial charge in [-0.2, -0.15) is 5.10 Å². The zero-order valence-electron chi connectivity index (χ0n) is 13.2. The fourth-order valence-corrected chi connectivity index (χ4v) is 2.45. The zero-order valence-corrected chi connectivity index (χ0v) is 13.2. The quantitative estimate of drug-likeness (QED) is 0.904. The Morgan fingerprint density at radius 2 is 2.17 bits per heavy atom. The first kappa shape index (κ1) is 15.3. The van der Waals surface area contributed by atoms with Gasteiger partial charge >= 0.3 is 0 Å². The molecule has 23 heavy (non-hydrogen) atoms. The smallest absolute Gasteiger partial charge is 0.255 e. The molecule has 3 rings (SSSR count). The highest BCUT2D eigenvalue weighted by molar-refractivity contribution is 5.98. The monoisotopic (exact) mass is 316 g/mol. The third-order valence-corrected chi connectivity index (χ3v) is 3.78. The molecule has 0 fully saturated rings. The van der Waals surface area contributed by atoms with E-state index in [0.29, 0.717) is 36.8 Å². The van der Waals surface area contributed by atoms with E-state index in [1.807, 2.05) is 0 Å². The molecule has 1 aliphatic heterocycles. The van der Waals surface area contributed by atoms with Crippen molar-refractivity contribution in [1.29, 1.82) is 0 Å². The summed E-state index contributed by atoms with van der Waals surface area (Å²) in [6, 6.07) is 5.28. The number of amides is 1. The molecule has 1 aliphatic rings. The van der Waals surface area contributed by atoms with Gasteiger partial charge in [-0.15, -0.1) is 0 Å². The Morgan fingerprint density at radius 3 is 2.91 bits per heavy atom. The van der Waals surface area contributed by atoms with Crippen molar-refractivity contribution in [1.82, 2.24) is 20.1 Å². The summed E-state index contributed by atoms with van der Waals surface area (Å²) in [5.41, 5.74) is 0.492. The first-order valence-electron chi connectivity index (χ1n) is 7.67. The van der Waals surface area contributed by atoms with Crippen LogP contribution in [-0.4, -0.2) is 39.9 Å². The number of rotatable bonds is 5. The van der Waals surface area contributed by atoms with E-state index in [1.54, 1.807) is 29.2 Å². The standard InChI is InChI=1S/C16H20N4O3/c1-11(2)13(8-20-10-17-9-18-20)19-16(21)12-4-3-5-14-15(12)23-7-6-22-14/h3-5,9-11,13H,6-8H2,1-2H3,(H,19,21)/t13-/m0/s1. The first-order valence-corrected chi connectivity index (χ1v) is 7.67. The number of carbonyl (C=O) groups is 1. The van der Waals surface area contributed by atoms with Gasteiger partial charge in [0.05, 0.1) is 18.2 Å². The lowest BCUT2D eigenvalue weighted by Gasteiger charge is -2.24. The summed E-state index contributed by atoms with van der Waals surface area (Å²) < 4.78 is 12.8. The number of hydrogen-bond donors (Lipinski definition) is 1. The number of aromatic nitrogens is 3. The van der Waals surface area contributed by atoms with Crippen molar-refractivity contribution in [2.75, 3.05) is 13.2 Å². The van der Waals surface area contributed by atoms with Crippen molar-refractivity contribution in [3.05, 3.63) is 36.4 Å². The first-order chi connectivity index (χ1) is 11.1. The van der Waals surface area contributed by atoms with Gasteiger partial charge in [-0.25, -0.2) is 4.98 Å². The summed E-state index contributed by atoms with van der Waals surface area (Å²) >= 11 is 0. The Labute approximate surface area is 134 Å². The average Bonchev–Trinajstić information content (AvgIpc) is 3.06. The Hall–Kier alpha value is -2.57. The van der Waals surface area contributed by atoms with Gasteiger partial charge in [0.2, 0.25) is 0 Å². The second-order valence-electron chi connectivity index (χ2n) is 5.77. The highest BCUT2D eigenvalue weighted by atomic mass is 16.6. The number of benzene rings is 1. The van der Waals surface area contributed by atoms with Gasteiger partial charge in [-0.05, 0) is 18.1 Å². The molecule has 1 aromatic heterocycles. The highest BCUT2D eigenvalue weighted by Gasteiger charge is 2.23. The van der Waals surface area contributed by atoms with Crippen molar-refractivity contribution in [2.45, 2.75) is 26.4 Å². The molecular weight excluding hydrogens is 296 g/mol. The molecule has 1 atom stereocenters. The summed E-state index contributed by atoms with van der Waals surface area (Å²) in [7, 11) is 0. The van der Waals surface area contributed by atoms with E-state index in [1.165, 1.54) is 6.33 Å². The van der Waals surface area contributed by atoms with Crippen LogP contribution >= 0.6 is 0 Å². The molecular formula is C16H20N4O3. The summed E-state index contributed by atoms with van der Waals surface area (Å²) in [6.45, 7) is 5.63. The van der Waals surface area contributed by atoms with Crippen LogP contribution in [0.5, 0.6) is 11.5 Å². The lowest BCUT2D eigenvalue weighted by atomic mass is 10.0. The molecule has 0 saturated carbocycles. The molecule has 1 N–H and O–H groups in total. The molecule has 0 saturated heterocycles. The molecule has 7 heteroatoms. The lowest BCUT2D eigenvalue weighted by molar-refractivity contribution is 0.0908. The van der Waals surface area contributed by atoms with Crippen LogP contribution in [0.3, 0.4) is 0 Å². The fraction of sp³-hybridized carbons (Fsp3) is 0.438. The van der Waals surface area contributed by atoms with Gasteiger partial charge in [-0.1, -0.05) is 19.9 Å². The van der Waals surface area contributed by atoms with Crippen LogP contribution in [0.1, 0.15) is 24.2 Å². The minimum absolute atomic E-state index is 0.0652. The fourth-order valence-electron chi connectivity index (χ4n) is 2.45. The van der Waals surface area contributed by atoms with Gasteiger partial charge in [0.25, 0.3) is 5.91 Å². The molecule has 122 valence electrons. The minimum atomic E-state index is -0.175. The van der Waals surface area contributed by atoms with Crippen LogP contribution in [0.15, 0.2) is 30.9 Å². The number of para-hydroxylation sites is 1. The number of nitrogens with one attached hydrogen (secondary N) is 1. The van der Waals surface area contributed by atoms with Crippen molar-refractivity contribution in [2.24, 2.45) is 5.92 Å². The van der Waals surface area contributed by atoms with Crippen LogP contribution in [0, 0.1) is 5.92 Å². The molecule has 0 unspecified atom stereocenters. The van der Waals surface area contributed by atoms with Gasteiger partial charge in [-0.3, -0.25) is 9.48 Å². The summed E-state index contributed by atoms with van der Waals surface area (Å²) in [4.78, 5) is 16.6. The topological polar surface area (TPSA) is 78.3 Å². The van der Waals surface area contributed by atoms with Gasteiger partial charge in [0.15, 0.2) is 11.5 Å². The SMILES string of the molecule is CC(C)[C@H](Cn1cncn1)NC(=O)c1cccc2c1OCCO2. The van der Waals surface area contributed by atoms with Gasteiger partial charge < -0.3 is 14.8 Å². The van der Waals surface area contributed by atoms with E-state index in [4.69, 9.17) is 9.47 Å². The van der Waals surface area contributed by atoms with Crippen molar-refractivity contribution < 1.29 is 14.3 Å². The largest absolute Gasteiger partial charge is 0.486 e. The van der Waals surface area contributed by atoms with Crippen molar-refractivity contribution >= 4 is 5.91 Å². The van der Waals surface area contributed by atoms with E-state index < -0.39 is 0 Å². The van der Waals surface area contributed by atoms with E-state index in [0.717, 1.165) is 0 Å². The third-order valence-electron chi connectivity index (χ3n) is 3.78. The van der Waals surface area contributed by atoms with Crippen LogP contribution in [0.2, 0.25) is 0 Å². The molecule has 1 amide bonds. The Bertz CT molecular complexity index is 670. The summed E-state index contributed by atoms with van der Waals surface area (Å²) in [5, 5.41) is 7.16. The lowest BCUT2D eigenvalue weighted by Crippen LogP contribution is -2.42. The molecule has 2 aromatic rings. The second kappa shape index (κ2) is 6.68. The molecule has 1 aromatic carbocycles. The van der Waals surface area contributed by atoms with Gasteiger partial charge in [0.1, 0.15) is 25.9 Å². The van der Waals surface area contributed by atoms with Crippen LogP contribution < -0.4 is 14.8 Å². The molecule has 2 heterocycles.